The molecule has 2 heteroatoms. The maximum Gasteiger partial charge on any atom is 0.220 e. The number of amides is 1. The van der Waals surface area contributed by atoms with E-state index in [0.29, 0.717) is 12.8 Å². The normalized spacial score (nSPS) is 8.29. The van der Waals surface area contributed by atoms with Crippen molar-refractivity contribution >= 4 is 5.91 Å². The summed E-state index contributed by atoms with van der Waals surface area (Å²) in [6.07, 6.45) is 1.12. The SMILES string of the molecule is [CH2]CCC(=O)N[CH2]. The molecule has 0 unspecified atom stereocenters. The third-order valence-corrected chi connectivity index (χ3v) is 0.601. The van der Waals surface area contributed by atoms with E-state index in [2.05, 4.69) is 19.3 Å². The van der Waals surface area contributed by atoms with Crippen LogP contribution in [0.5, 0.6) is 0 Å². The molecule has 0 aliphatic rings. The van der Waals surface area contributed by atoms with Gasteiger partial charge >= 0.3 is 0 Å². The first-order chi connectivity index (χ1) is 3.31. The van der Waals surface area contributed by atoms with Gasteiger partial charge in [-0.3, -0.25) is 4.79 Å². The largest absolute Gasteiger partial charge is 0.354 e. The quantitative estimate of drug-likeness (QED) is 0.537. The van der Waals surface area contributed by atoms with E-state index < -0.39 is 0 Å². The Morgan fingerprint density at radius 2 is 2.29 bits per heavy atom. The van der Waals surface area contributed by atoms with Crippen LogP contribution in [0.1, 0.15) is 12.8 Å². The Bertz CT molecular complexity index is 61.1. The summed E-state index contributed by atoms with van der Waals surface area (Å²) in [5.41, 5.74) is 0. The highest BCUT2D eigenvalue weighted by molar-refractivity contribution is 5.75. The highest BCUT2D eigenvalue weighted by atomic mass is 16.1. The Morgan fingerprint density at radius 1 is 1.71 bits per heavy atom. The molecule has 1 N–H and O–H groups in total. The van der Waals surface area contributed by atoms with Gasteiger partial charge in [-0.2, -0.15) is 0 Å². The zero-order valence-corrected chi connectivity index (χ0v) is 4.24. The van der Waals surface area contributed by atoms with Crippen LogP contribution in [0.15, 0.2) is 0 Å². The van der Waals surface area contributed by atoms with Crippen LogP contribution < -0.4 is 5.32 Å². The molecule has 1 amide bonds. The summed E-state index contributed by atoms with van der Waals surface area (Å²) in [5, 5.41) is 2.24. The Balaban J connectivity index is 3.00. The predicted octanol–water partition coefficient (Wildman–Crippen LogP) is 0.508. The molecule has 0 aliphatic heterocycles. The number of carbonyl (C=O) groups excluding carboxylic acids is 1. The molecular weight excluding hydrogens is 90.1 g/mol. The predicted molar refractivity (Wildman–Crippen MR) is 28.1 cm³/mol. The van der Waals surface area contributed by atoms with Crippen molar-refractivity contribution in [3.8, 4) is 0 Å². The van der Waals surface area contributed by atoms with Crippen LogP contribution in [0.3, 0.4) is 0 Å². The molecule has 0 aromatic rings. The molecule has 40 valence electrons. The van der Waals surface area contributed by atoms with Gasteiger partial charge in [-0.15, -0.1) is 0 Å². The molecule has 0 atom stereocenters. The Morgan fingerprint density at radius 3 is 2.43 bits per heavy atom. The average Bonchev–Trinajstić information content (AvgIpc) is 1.68. The molecule has 2 nitrogen and oxygen atoms in total. The molecule has 0 saturated carbocycles. The van der Waals surface area contributed by atoms with E-state index in [1.165, 1.54) is 0 Å². The smallest absolute Gasteiger partial charge is 0.220 e. The Hall–Kier alpha value is -0.530. The first-order valence-electron chi connectivity index (χ1n) is 2.16. The second-order valence-electron chi connectivity index (χ2n) is 1.20. The number of hydrogen-bond donors (Lipinski definition) is 1. The van der Waals surface area contributed by atoms with Gasteiger partial charge in [0.25, 0.3) is 0 Å². The van der Waals surface area contributed by atoms with E-state index >= 15 is 0 Å². The van der Waals surface area contributed by atoms with Gasteiger partial charge < -0.3 is 5.32 Å². The molecule has 0 spiro atoms. The van der Waals surface area contributed by atoms with Crippen LogP contribution in [0.4, 0.5) is 0 Å². The van der Waals surface area contributed by atoms with Crippen molar-refractivity contribution in [2.75, 3.05) is 0 Å². The van der Waals surface area contributed by atoms with E-state index in [-0.39, 0.29) is 5.91 Å². The van der Waals surface area contributed by atoms with Crippen molar-refractivity contribution in [1.29, 1.82) is 0 Å². The molecule has 0 rings (SSSR count). The van der Waals surface area contributed by atoms with Gasteiger partial charge in [-0.1, -0.05) is 6.92 Å². The maximum absolute atomic E-state index is 10.2. The van der Waals surface area contributed by atoms with E-state index in [9.17, 15) is 4.79 Å². The third-order valence-electron chi connectivity index (χ3n) is 0.601. The van der Waals surface area contributed by atoms with Gasteiger partial charge in [0.1, 0.15) is 0 Å². The van der Waals surface area contributed by atoms with E-state index in [1.807, 2.05) is 0 Å². The second kappa shape index (κ2) is 3.65. The summed E-state index contributed by atoms with van der Waals surface area (Å²) in [4.78, 5) is 10.2. The summed E-state index contributed by atoms with van der Waals surface area (Å²) in [6.45, 7) is 3.48. The lowest BCUT2D eigenvalue weighted by atomic mass is 10.3. The molecular formula is C5H9NO. The van der Waals surface area contributed by atoms with Crippen molar-refractivity contribution < 1.29 is 4.79 Å². The third kappa shape index (κ3) is 3.30. The standard InChI is InChI=1S/C5H9NO/c1-3-4-5(7)6-2/h1-4H2,(H,6,7). The second-order valence-corrected chi connectivity index (χ2v) is 1.20. The van der Waals surface area contributed by atoms with Crippen LogP contribution in [0.2, 0.25) is 0 Å². The van der Waals surface area contributed by atoms with E-state index in [0.717, 1.165) is 0 Å². The zero-order chi connectivity index (χ0) is 5.70. The Kier molecular flexibility index (Phi) is 3.38. The van der Waals surface area contributed by atoms with Gasteiger partial charge in [-0.25, -0.2) is 0 Å². The molecule has 0 aliphatic carbocycles. The van der Waals surface area contributed by atoms with Crippen molar-refractivity contribution in [2.24, 2.45) is 0 Å². The topological polar surface area (TPSA) is 29.1 Å². The van der Waals surface area contributed by atoms with Crippen LogP contribution >= 0.6 is 0 Å². The minimum Gasteiger partial charge on any atom is -0.354 e. The summed E-state index contributed by atoms with van der Waals surface area (Å²) >= 11 is 0. The fourth-order valence-electron chi connectivity index (χ4n) is 0.249. The average molecular weight is 99.1 g/mol. The lowest BCUT2D eigenvalue weighted by molar-refractivity contribution is -0.120. The zero-order valence-electron chi connectivity index (χ0n) is 4.24. The van der Waals surface area contributed by atoms with Crippen LogP contribution in [-0.2, 0) is 4.79 Å². The number of rotatable bonds is 2. The minimum atomic E-state index is -0.0463. The summed E-state index contributed by atoms with van der Waals surface area (Å²) < 4.78 is 0. The molecule has 0 saturated heterocycles. The monoisotopic (exact) mass is 99.1 g/mol. The van der Waals surface area contributed by atoms with Crippen LogP contribution in [0.25, 0.3) is 0 Å². The molecule has 7 heavy (non-hydrogen) atoms. The molecule has 2 radical (unpaired) electrons. The van der Waals surface area contributed by atoms with E-state index in [1.54, 1.807) is 0 Å². The minimum absolute atomic E-state index is 0.0463. The van der Waals surface area contributed by atoms with E-state index in [4.69, 9.17) is 0 Å². The first kappa shape index (κ1) is 6.47. The fraction of sp³-hybridized carbons (Fsp3) is 0.400. The van der Waals surface area contributed by atoms with Crippen molar-refractivity contribution in [3.05, 3.63) is 14.0 Å². The summed E-state index contributed by atoms with van der Waals surface area (Å²) in [6, 6.07) is 0. The lowest BCUT2D eigenvalue weighted by Crippen LogP contribution is -2.13. The fourth-order valence-corrected chi connectivity index (χ4v) is 0.249. The molecule has 0 bridgehead atoms. The Labute approximate surface area is 43.9 Å². The highest BCUT2D eigenvalue weighted by Crippen LogP contribution is 1.82. The highest BCUT2D eigenvalue weighted by Gasteiger charge is 1.90. The first-order valence-corrected chi connectivity index (χ1v) is 2.16. The number of carbonyl (C=O) groups is 1. The van der Waals surface area contributed by atoms with Crippen molar-refractivity contribution in [1.82, 2.24) is 5.32 Å². The number of hydrogen-bond acceptors (Lipinski definition) is 1. The van der Waals surface area contributed by atoms with Crippen LogP contribution in [0, 0.1) is 14.0 Å². The van der Waals surface area contributed by atoms with Crippen LogP contribution in [-0.4, -0.2) is 5.91 Å². The molecule has 0 aromatic heterocycles. The van der Waals surface area contributed by atoms with Gasteiger partial charge in [0, 0.05) is 13.5 Å². The van der Waals surface area contributed by atoms with Crippen molar-refractivity contribution in [2.45, 2.75) is 12.8 Å². The molecule has 0 fully saturated rings. The summed E-state index contributed by atoms with van der Waals surface area (Å²) in [5.74, 6) is -0.0463. The van der Waals surface area contributed by atoms with Crippen molar-refractivity contribution in [3.63, 3.8) is 0 Å². The molecule has 0 heterocycles. The molecule has 0 aromatic carbocycles. The van der Waals surface area contributed by atoms with Gasteiger partial charge in [0.2, 0.25) is 5.91 Å². The maximum atomic E-state index is 10.2. The van der Waals surface area contributed by atoms with Gasteiger partial charge in [0.15, 0.2) is 0 Å². The summed E-state index contributed by atoms with van der Waals surface area (Å²) in [7, 11) is 3.18. The van der Waals surface area contributed by atoms with Gasteiger partial charge in [-0.05, 0) is 6.42 Å². The van der Waals surface area contributed by atoms with Gasteiger partial charge in [0.05, 0.1) is 0 Å². The lowest BCUT2D eigenvalue weighted by Gasteiger charge is -1.90. The number of nitrogens with one attached hydrogen (secondary N) is 1.